The summed E-state index contributed by atoms with van der Waals surface area (Å²) in [6.45, 7) is 3.58. The molecule has 1 aliphatic rings. The van der Waals surface area contributed by atoms with E-state index in [1.54, 1.807) is 0 Å². The van der Waals surface area contributed by atoms with Crippen molar-refractivity contribution in [2.45, 2.75) is 51.6 Å². The molecule has 0 radical (unpaired) electrons. The molecule has 3 nitrogen and oxygen atoms in total. The summed E-state index contributed by atoms with van der Waals surface area (Å²) in [6, 6.07) is 7.76. The molecule has 3 heteroatoms. The molecule has 112 valence electrons. The number of rotatable bonds is 6. The highest BCUT2D eigenvalue weighted by atomic mass is 16.5. The molecular weight excluding hydrogens is 250 g/mol. The highest BCUT2D eigenvalue weighted by Gasteiger charge is 2.27. The Hall–Kier alpha value is -1.06. The normalized spacial score (nSPS) is 19.6. The number of aliphatic hydroxyl groups excluding tert-OH is 1. The number of benzene rings is 1. The van der Waals surface area contributed by atoms with Gasteiger partial charge < -0.3 is 15.6 Å². The van der Waals surface area contributed by atoms with Crippen LogP contribution in [0.1, 0.15) is 57.1 Å². The minimum absolute atomic E-state index is 0.310. The number of nitrogens with two attached hydrogens (primary N) is 1. The number of hydrogen-bond acceptors (Lipinski definition) is 3. The van der Waals surface area contributed by atoms with Gasteiger partial charge in [-0.05, 0) is 43.5 Å². The molecule has 1 fully saturated rings. The standard InChI is InChI=1S/C17H27NO2/c1-17(9-3-2-4-10-17)13-20-15-7-5-6-14(12-15)16(19)8-11-18/h5-7,12,16,19H,2-4,8-11,13,18H2,1H3/t16-/m0/s1. The molecule has 1 aromatic rings. The van der Waals surface area contributed by atoms with Gasteiger partial charge in [-0.2, -0.15) is 0 Å². The van der Waals surface area contributed by atoms with Crippen LogP contribution in [0.5, 0.6) is 5.75 Å². The topological polar surface area (TPSA) is 55.5 Å². The average Bonchev–Trinajstić information content (AvgIpc) is 2.47. The molecule has 1 aromatic carbocycles. The minimum Gasteiger partial charge on any atom is -0.493 e. The van der Waals surface area contributed by atoms with E-state index in [9.17, 15) is 5.11 Å². The van der Waals surface area contributed by atoms with E-state index in [4.69, 9.17) is 10.5 Å². The molecule has 2 rings (SSSR count). The lowest BCUT2D eigenvalue weighted by molar-refractivity contribution is 0.115. The summed E-state index contributed by atoms with van der Waals surface area (Å²) in [6.07, 6.45) is 6.58. The van der Waals surface area contributed by atoms with E-state index < -0.39 is 6.10 Å². The first-order valence-corrected chi connectivity index (χ1v) is 7.74. The van der Waals surface area contributed by atoms with Gasteiger partial charge in [0.15, 0.2) is 0 Å². The van der Waals surface area contributed by atoms with Gasteiger partial charge >= 0.3 is 0 Å². The maximum absolute atomic E-state index is 9.98. The maximum atomic E-state index is 9.98. The van der Waals surface area contributed by atoms with Crippen LogP contribution in [-0.2, 0) is 0 Å². The Labute approximate surface area is 122 Å². The fourth-order valence-electron chi connectivity index (χ4n) is 2.94. The van der Waals surface area contributed by atoms with Gasteiger partial charge in [-0.25, -0.2) is 0 Å². The van der Waals surface area contributed by atoms with Crippen LogP contribution in [0.4, 0.5) is 0 Å². The van der Waals surface area contributed by atoms with Crippen molar-refractivity contribution in [1.29, 1.82) is 0 Å². The van der Waals surface area contributed by atoms with Gasteiger partial charge in [0.1, 0.15) is 5.75 Å². The molecule has 0 heterocycles. The van der Waals surface area contributed by atoms with Gasteiger partial charge in [0, 0.05) is 5.41 Å². The molecular formula is C17H27NO2. The van der Waals surface area contributed by atoms with Crippen LogP contribution in [0.25, 0.3) is 0 Å². The second-order valence-electron chi connectivity index (χ2n) is 6.33. The van der Waals surface area contributed by atoms with Gasteiger partial charge in [-0.1, -0.05) is 38.3 Å². The van der Waals surface area contributed by atoms with Crippen molar-refractivity contribution in [3.8, 4) is 5.75 Å². The largest absolute Gasteiger partial charge is 0.493 e. The smallest absolute Gasteiger partial charge is 0.119 e. The lowest BCUT2D eigenvalue weighted by Gasteiger charge is -2.33. The van der Waals surface area contributed by atoms with Gasteiger partial charge in [0.25, 0.3) is 0 Å². The number of ether oxygens (including phenoxy) is 1. The molecule has 0 spiro atoms. The molecule has 20 heavy (non-hydrogen) atoms. The minimum atomic E-state index is -0.492. The molecule has 0 unspecified atom stereocenters. The van der Waals surface area contributed by atoms with Crippen molar-refractivity contribution >= 4 is 0 Å². The van der Waals surface area contributed by atoms with Crippen molar-refractivity contribution in [3.05, 3.63) is 29.8 Å². The summed E-state index contributed by atoms with van der Waals surface area (Å²) >= 11 is 0. The highest BCUT2D eigenvalue weighted by molar-refractivity contribution is 5.30. The molecule has 0 aliphatic heterocycles. The van der Waals surface area contributed by atoms with Gasteiger partial charge in [-0.3, -0.25) is 0 Å². The first kappa shape index (κ1) is 15.3. The Morgan fingerprint density at radius 1 is 1.30 bits per heavy atom. The second-order valence-corrected chi connectivity index (χ2v) is 6.33. The van der Waals surface area contributed by atoms with Crippen molar-refractivity contribution in [3.63, 3.8) is 0 Å². The molecule has 0 bridgehead atoms. The summed E-state index contributed by atoms with van der Waals surface area (Å²) in [7, 11) is 0. The van der Waals surface area contributed by atoms with Crippen LogP contribution in [0.3, 0.4) is 0 Å². The summed E-state index contributed by atoms with van der Waals surface area (Å²) in [5.41, 5.74) is 6.69. The zero-order chi connectivity index (χ0) is 14.4. The van der Waals surface area contributed by atoms with E-state index in [0.717, 1.165) is 17.9 Å². The summed E-state index contributed by atoms with van der Waals surface area (Å²) in [4.78, 5) is 0. The van der Waals surface area contributed by atoms with E-state index >= 15 is 0 Å². The Morgan fingerprint density at radius 2 is 2.05 bits per heavy atom. The lowest BCUT2D eigenvalue weighted by atomic mass is 9.76. The number of aliphatic hydroxyl groups is 1. The van der Waals surface area contributed by atoms with Gasteiger partial charge in [0.2, 0.25) is 0 Å². The number of hydrogen-bond donors (Lipinski definition) is 2. The van der Waals surface area contributed by atoms with E-state index in [1.165, 1.54) is 32.1 Å². The summed E-state index contributed by atoms with van der Waals surface area (Å²) in [5, 5.41) is 9.98. The fraction of sp³-hybridized carbons (Fsp3) is 0.647. The fourth-order valence-corrected chi connectivity index (χ4v) is 2.94. The van der Waals surface area contributed by atoms with Crippen molar-refractivity contribution in [1.82, 2.24) is 0 Å². The molecule has 1 saturated carbocycles. The predicted molar refractivity (Wildman–Crippen MR) is 81.8 cm³/mol. The predicted octanol–water partition coefficient (Wildman–Crippen LogP) is 3.42. The second kappa shape index (κ2) is 7.09. The first-order valence-electron chi connectivity index (χ1n) is 7.74. The molecule has 1 atom stereocenters. The Balaban J connectivity index is 1.94. The van der Waals surface area contributed by atoms with Crippen LogP contribution in [0, 0.1) is 5.41 Å². The van der Waals surface area contributed by atoms with E-state index in [2.05, 4.69) is 6.92 Å². The highest BCUT2D eigenvalue weighted by Crippen LogP contribution is 2.36. The third-order valence-corrected chi connectivity index (χ3v) is 4.33. The maximum Gasteiger partial charge on any atom is 0.119 e. The molecule has 0 amide bonds. The first-order chi connectivity index (χ1) is 9.63. The third kappa shape index (κ3) is 4.22. The lowest BCUT2D eigenvalue weighted by Crippen LogP contribution is -2.27. The van der Waals surface area contributed by atoms with E-state index in [-0.39, 0.29) is 0 Å². The average molecular weight is 277 g/mol. The van der Waals surface area contributed by atoms with Crippen molar-refractivity contribution < 1.29 is 9.84 Å². The van der Waals surface area contributed by atoms with Crippen molar-refractivity contribution in [2.75, 3.05) is 13.2 Å². The van der Waals surface area contributed by atoms with Gasteiger partial charge in [0.05, 0.1) is 12.7 Å². The van der Waals surface area contributed by atoms with Crippen molar-refractivity contribution in [2.24, 2.45) is 11.1 Å². The summed E-state index contributed by atoms with van der Waals surface area (Å²) < 4.78 is 5.98. The van der Waals surface area contributed by atoms with Gasteiger partial charge in [-0.15, -0.1) is 0 Å². The quantitative estimate of drug-likeness (QED) is 0.837. The third-order valence-electron chi connectivity index (χ3n) is 4.33. The zero-order valence-corrected chi connectivity index (χ0v) is 12.5. The SMILES string of the molecule is CC1(COc2cccc([C@@H](O)CCN)c2)CCCCC1. The van der Waals surface area contributed by atoms with E-state index in [1.807, 2.05) is 24.3 Å². The van der Waals surface area contributed by atoms with Crippen LogP contribution in [0.2, 0.25) is 0 Å². The molecule has 0 saturated heterocycles. The van der Waals surface area contributed by atoms with Crippen LogP contribution < -0.4 is 10.5 Å². The monoisotopic (exact) mass is 277 g/mol. The molecule has 1 aliphatic carbocycles. The molecule has 0 aromatic heterocycles. The van der Waals surface area contributed by atoms with Crippen LogP contribution >= 0.6 is 0 Å². The van der Waals surface area contributed by atoms with E-state index in [0.29, 0.717) is 18.4 Å². The Bertz CT molecular complexity index is 413. The zero-order valence-electron chi connectivity index (χ0n) is 12.5. The Kier molecular flexibility index (Phi) is 5.44. The Morgan fingerprint density at radius 3 is 2.75 bits per heavy atom. The van der Waals surface area contributed by atoms with Crippen LogP contribution in [0.15, 0.2) is 24.3 Å². The summed E-state index contributed by atoms with van der Waals surface area (Å²) in [5.74, 6) is 0.852. The molecule has 3 N–H and O–H groups in total. The van der Waals surface area contributed by atoms with Crippen LogP contribution in [-0.4, -0.2) is 18.3 Å².